The summed E-state index contributed by atoms with van der Waals surface area (Å²) in [6, 6.07) is 7.25. The second-order valence-corrected chi connectivity index (χ2v) is 3.98. The summed E-state index contributed by atoms with van der Waals surface area (Å²) in [6.07, 6.45) is 1.57. The van der Waals surface area contributed by atoms with Crippen LogP contribution in [-0.2, 0) is 0 Å². The number of anilines is 1. The average Bonchev–Trinajstić information content (AvgIpc) is 2.56. The highest BCUT2D eigenvalue weighted by Crippen LogP contribution is 2.32. The Balaban J connectivity index is 2.23. The average molecular weight is 227 g/mol. The molecule has 0 aliphatic carbocycles. The van der Waals surface area contributed by atoms with E-state index >= 15 is 0 Å². The molecule has 0 aliphatic heterocycles. The number of nitrogen functional groups attached to an aromatic ring is 1. The van der Waals surface area contributed by atoms with E-state index in [0.29, 0.717) is 21.0 Å². The lowest BCUT2D eigenvalue weighted by atomic mass is 10.3. The van der Waals surface area contributed by atoms with Gasteiger partial charge in [0, 0.05) is 0 Å². The van der Waals surface area contributed by atoms with E-state index in [1.54, 1.807) is 18.3 Å². The van der Waals surface area contributed by atoms with Crippen molar-refractivity contribution in [1.29, 1.82) is 0 Å². The third kappa shape index (κ3) is 1.97. The predicted molar refractivity (Wildman–Crippen MR) is 58.1 cm³/mol. The van der Waals surface area contributed by atoms with Gasteiger partial charge in [-0.3, -0.25) is 0 Å². The molecule has 1 heterocycles. The molecule has 72 valence electrons. The van der Waals surface area contributed by atoms with Crippen LogP contribution in [0.2, 0.25) is 5.02 Å². The third-order valence-corrected chi connectivity index (χ3v) is 2.57. The van der Waals surface area contributed by atoms with Crippen LogP contribution in [0.25, 0.3) is 0 Å². The van der Waals surface area contributed by atoms with Crippen molar-refractivity contribution in [3.05, 3.63) is 35.5 Å². The summed E-state index contributed by atoms with van der Waals surface area (Å²) in [6.45, 7) is 0. The molecule has 3 nitrogen and oxygen atoms in total. The number of nitrogens with two attached hydrogens (primary N) is 1. The number of halogens is 1. The van der Waals surface area contributed by atoms with E-state index < -0.39 is 0 Å². The van der Waals surface area contributed by atoms with Gasteiger partial charge in [-0.15, -0.1) is 0 Å². The smallest absolute Gasteiger partial charge is 0.202 e. The second-order valence-electron chi connectivity index (χ2n) is 2.55. The first kappa shape index (κ1) is 9.30. The number of hydrogen-bond acceptors (Lipinski definition) is 4. The van der Waals surface area contributed by atoms with Crippen LogP contribution in [0.1, 0.15) is 0 Å². The lowest BCUT2D eigenvalue weighted by Crippen LogP contribution is -1.80. The Morgan fingerprint density at radius 1 is 1.36 bits per heavy atom. The monoisotopic (exact) mass is 226 g/mol. The first-order valence-corrected chi connectivity index (χ1v) is 5.09. The Morgan fingerprint density at radius 2 is 2.14 bits per heavy atom. The van der Waals surface area contributed by atoms with Crippen molar-refractivity contribution in [1.82, 2.24) is 4.98 Å². The van der Waals surface area contributed by atoms with E-state index in [9.17, 15) is 0 Å². The number of nitrogens with zero attached hydrogens (tertiary/aromatic N) is 1. The lowest BCUT2D eigenvalue weighted by molar-refractivity contribution is 0.495. The van der Waals surface area contributed by atoms with Crippen molar-refractivity contribution in [3.63, 3.8) is 0 Å². The highest BCUT2D eigenvalue weighted by molar-refractivity contribution is 7.17. The molecule has 2 N–H and O–H groups in total. The minimum absolute atomic E-state index is 0.479. The summed E-state index contributed by atoms with van der Waals surface area (Å²) < 4.78 is 5.47. The van der Waals surface area contributed by atoms with Gasteiger partial charge in [-0.1, -0.05) is 35.1 Å². The van der Waals surface area contributed by atoms with Crippen molar-refractivity contribution in [2.24, 2.45) is 0 Å². The summed E-state index contributed by atoms with van der Waals surface area (Å²) in [5.74, 6) is 0.609. The van der Waals surface area contributed by atoms with Gasteiger partial charge in [0.2, 0.25) is 5.06 Å². The summed E-state index contributed by atoms with van der Waals surface area (Å²) in [5, 5.41) is 1.68. The maximum Gasteiger partial charge on any atom is 0.202 e. The van der Waals surface area contributed by atoms with Crippen molar-refractivity contribution in [3.8, 4) is 10.8 Å². The van der Waals surface area contributed by atoms with Crippen molar-refractivity contribution in [2.45, 2.75) is 0 Å². The molecule has 0 saturated heterocycles. The van der Waals surface area contributed by atoms with E-state index in [1.165, 1.54) is 11.3 Å². The molecule has 5 heteroatoms. The Hall–Kier alpha value is -1.26. The quantitative estimate of drug-likeness (QED) is 0.856. The molecule has 2 aromatic rings. The molecule has 0 bridgehead atoms. The molecular weight excluding hydrogens is 220 g/mol. The van der Waals surface area contributed by atoms with E-state index in [1.807, 2.05) is 12.1 Å². The van der Waals surface area contributed by atoms with Gasteiger partial charge < -0.3 is 10.5 Å². The van der Waals surface area contributed by atoms with Gasteiger partial charge in [0.15, 0.2) is 5.13 Å². The molecule has 1 aromatic heterocycles. The highest BCUT2D eigenvalue weighted by Gasteiger charge is 2.04. The molecule has 0 atom stereocenters. The number of rotatable bonds is 2. The summed E-state index contributed by atoms with van der Waals surface area (Å²) in [5.41, 5.74) is 5.46. The van der Waals surface area contributed by atoms with Gasteiger partial charge in [-0.05, 0) is 12.1 Å². The number of thiazole rings is 1. The first-order chi connectivity index (χ1) is 6.75. The van der Waals surface area contributed by atoms with Crippen molar-refractivity contribution >= 4 is 28.1 Å². The van der Waals surface area contributed by atoms with E-state index in [0.717, 1.165) is 0 Å². The molecule has 0 fully saturated rings. The van der Waals surface area contributed by atoms with Crippen LogP contribution < -0.4 is 10.5 Å². The van der Waals surface area contributed by atoms with Gasteiger partial charge in [-0.25, -0.2) is 4.98 Å². The van der Waals surface area contributed by atoms with Gasteiger partial charge in [-0.2, -0.15) is 0 Å². The zero-order valence-electron chi connectivity index (χ0n) is 7.11. The van der Waals surface area contributed by atoms with Crippen LogP contribution in [0.5, 0.6) is 10.8 Å². The zero-order chi connectivity index (χ0) is 9.97. The first-order valence-electron chi connectivity index (χ1n) is 3.89. The molecule has 0 saturated carbocycles. The van der Waals surface area contributed by atoms with Crippen molar-refractivity contribution < 1.29 is 4.74 Å². The molecule has 2 rings (SSSR count). The Kier molecular flexibility index (Phi) is 2.56. The minimum atomic E-state index is 0.479. The fourth-order valence-electron chi connectivity index (χ4n) is 0.955. The van der Waals surface area contributed by atoms with E-state index in [4.69, 9.17) is 22.1 Å². The van der Waals surface area contributed by atoms with E-state index in [-0.39, 0.29) is 0 Å². The number of benzene rings is 1. The minimum Gasteiger partial charge on any atom is -0.443 e. The number of aromatic nitrogens is 1. The van der Waals surface area contributed by atoms with Crippen LogP contribution in [-0.4, -0.2) is 4.98 Å². The fourth-order valence-corrected chi connectivity index (χ4v) is 1.68. The molecule has 0 amide bonds. The van der Waals surface area contributed by atoms with Crippen LogP contribution >= 0.6 is 22.9 Å². The molecule has 1 aromatic carbocycles. The lowest BCUT2D eigenvalue weighted by Gasteiger charge is -2.02. The summed E-state index contributed by atoms with van der Waals surface area (Å²) >= 11 is 7.19. The second kappa shape index (κ2) is 3.86. The largest absolute Gasteiger partial charge is 0.443 e. The molecular formula is C9H7ClN2OS. The van der Waals surface area contributed by atoms with Crippen LogP contribution in [0, 0.1) is 0 Å². The summed E-state index contributed by atoms with van der Waals surface area (Å²) in [7, 11) is 0. The maximum atomic E-state index is 5.91. The van der Waals surface area contributed by atoms with Gasteiger partial charge in [0.05, 0.1) is 11.2 Å². The topological polar surface area (TPSA) is 48.1 Å². The third-order valence-electron chi connectivity index (χ3n) is 1.55. The van der Waals surface area contributed by atoms with Gasteiger partial charge >= 0.3 is 0 Å². The molecule has 14 heavy (non-hydrogen) atoms. The van der Waals surface area contributed by atoms with Gasteiger partial charge in [0.25, 0.3) is 0 Å². The molecule has 0 aliphatic rings. The van der Waals surface area contributed by atoms with Crippen molar-refractivity contribution in [2.75, 3.05) is 5.73 Å². The highest BCUT2D eigenvalue weighted by atomic mass is 35.5. The Morgan fingerprint density at radius 3 is 2.79 bits per heavy atom. The maximum absolute atomic E-state index is 5.91. The normalized spacial score (nSPS) is 10.1. The van der Waals surface area contributed by atoms with Gasteiger partial charge in [0.1, 0.15) is 5.75 Å². The van der Waals surface area contributed by atoms with Crippen LogP contribution in [0.4, 0.5) is 5.13 Å². The Bertz CT molecular complexity index is 444. The molecule has 0 spiro atoms. The number of para-hydroxylation sites is 1. The number of ether oxygens (including phenoxy) is 1. The van der Waals surface area contributed by atoms with E-state index in [2.05, 4.69) is 4.98 Å². The van der Waals surface area contributed by atoms with Crippen LogP contribution in [0.3, 0.4) is 0 Å². The fraction of sp³-hybridized carbons (Fsp3) is 0. The SMILES string of the molecule is Nc1ncc(Oc2ccccc2Cl)s1. The number of hydrogen-bond donors (Lipinski definition) is 1. The molecule has 0 radical (unpaired) electrons. The van der Waals surface area contributed by atoms with Crippen LogP contribution in [0.15, 0.2) is 30.5 Å². The zero-order valence-corrected chi connectivity index (χ0v) is 8.68. The Labute approximate surface area is 90.1 Å². The predicted octanol–water partition coefficient (Wildman–Crippen LogP) is 3.17. The molecule has 0 unspecified atom stereocenters. The standard InChI is InChI=1S/C9H7ClN2OS/c10-6-3-1-2-4-7(6)13-8-5-12-9(11)14-8/h1-5H,(H2,11,12). The summed E-state index contributed by atoms with van der Waals surface area (Å²) in [4.78, 5) is 3.87.